The fourth-order valence-corrected chi connectivity index (χ4v) is 3.41. The number of nitrogens with zero attached hydrogens (tertiary/aromatic N) is 3. The van der Waals surface area contributed by atoms with E-state index < -0.39 is 5.91 Å². The molecular formula is C20H17ClN6O3. The second-order valence-electron chi connectivity index (χ2n) is 7.29. The van der Waals surface area contributed by atoms with Crippen LogP contribution < -0.4 is 16.0 Å². The molecule has 152 valence electrons. The molecule has 10 heteroatoms. The van der Waals surface area contributed by atoms with Crippen LogP contribution in [0.4, 0.5) is 17.3 Å². The molecule has 2 fully saturated rings. The number of aromatic hydroxyl groups is 1. The van der Waals surface area contributed by atoms with E-state index in [4.69, 9.17) is 11.6 Å². The summed E-state index contributed by atoms with van der Waals surface area (Å²) in [5, 5.41) is 23.8. The van der Waals surface area contributed by atoms with E-state index in [1.165, 1.54) is 6.07 Å². The summed E-state index contributed by atoms with van der Waals surface area (Å²) >= 11 is 6.04. The van der Waals surface area contributed by atoms with Gasteiger partial charge < -0.3 is 15.7 Å². The molecule has 1 aliphatic heterocycles. The van der Waals surface area contributed by atoms with Gasteiger partial charge in [0.1, 0.15) is 17.4 Å². The Hall–Kier alpha value is -3.59. The van der Waals surface area contributed by atoms with E-state index in [2.05, 4.69) is 26.0 Å². The van der Waals surface area contributed by atoms with Crippen molar-refractivity contribution in [2.75, 3.05) is 10.6 Å². The number of hydrogen-bond donors (Lipinski definition) is 4. The number of aromatic nitrogens is 3. The molecule has 3 aromatic rings. The number of halogens is 1. The van der Waals surface area contributed by atoms with Crippen LogP contribution in [0.25, 0.3) is 11.7 Å². The number of phenolic OH excluding ortho intramolecular Hbond substituents is 1. The number of benzene rings is 1. The standard InChI is InChI=1S/C20H17ClN6O3/c21-12-1-4-15(28)14(7-12)24-16-8-17(23-13-2-3-13)27-19(25-16)11(9-22-27)5-10-6-18(29)26-20(10)30/h1,4-5,7-9,13,23,28H,2-3,6H2,(H,24,25)(H,26,29,30)/b10-5+. The van der Waals surface area contributed by atoms with Crippen molar-refractivity contribution in [3.8, 4) is 5.75 Å². The molecule has 0 atom stereocenters. The molecule has 1 aromatic carbocycles. The van der Waals surface area contributed by atoms with E-state index in [0.717, 1.165) is 18.7 Å². The average Bonchev–Trinajstić information content (AvgIpc) is 3.34. The van der Waals surface area contributed by atoms with Crippen molar-refractivity contribution < 1.29 is 14.7 Å². The fourth-order valence-electron chi connectivity index (χ4n) is 3.24. The first-order valence-corrected chi connectivity index (χ1v) is 9.80. The van der Waals surface area contributed by atoms with Gasteiger partial charge in [-0.3, -0.25) is 14.9 Å². The van der Waals surface area contributed by atoms with Crippen LogP contribution in [-0.2, 0) is 9.59 Å². The smallest absolute Gasteiger partial charge is 0.254 e. The molecule has 9 nitrogen and oxygen atoms in total. The van der Waals surface area contributed by atoms with Gasteiger partial charge in [0, 0.05) is 28.3 Å². The topological polar surface area (TPSA) is 121 Å². The molecule has 0 bridgehead atoms. The van der Waals surface area contributed by atoms with E-state index in [1.54, 1.807) is 35.0 Å². The maximum atomic E-state index is 11.9. The summed E-state index contributed by atoms with van der Waals surface area (Å²) < 4.78 is 1.66. The van der Waals surface area contributed by atoms with Gasteiger partial charge >= 0.3 is 0 Å². The van der Waals surface area contributed by atoms with Gasteiger partial charge in [0.15, 0.2) is 5.65 Å². The molecule has 4 N–H and O–H groups in total. The first-order valence-electron chi connectivity index (χ1n) is 9.42. The molecule has 1 saturated heterocycles. The van der Waals surface area contributed by atoms with Crippen LogP contribution in [0.5, 0.6) is 5.75 Å². The van der Waals surface area contributed by atoms with Gasteiger partial charge in [-0.1, -0.05) is 11.6 Å². The predicted molar refractivity (Wildman–Crippen MR) is 112 cm³/mol. The molecule has 1 saturated carbocycles. The van der Waals surface area contributed by atoms with Crippen LogP contribution in [0.1, 0.15) is 24.8 Å². The van der Waals surface area contributed by atoms with Crippen LogP contribution in [0.3, 0.4) is 0 Å². The molecule has 2 amide bonds. The van der Waals surface area contributed by atoms with Crippen LogP contribution in [0.15, 0.2) is 36.0 Å². The van der Waals surface area contributed by atoms with Gasteiger partial charge in [-0.05, 0) is 37.1 Å². The third kappa shape index (κ3) is 3.55. The monoisotopic (exact) mass is 424 g/mol. The molecule has 3 heterocycles. The Balaban J connectivity index is 1.59. The Morgan fingerprint density at radius 2 is 2.10 bits per heavy atom. The minimum absolute atomic E-state index is 0.0255. The Bertz CT molecular complexity index is 1230. The van der Waals surface area contributed by atoms with Crippen molar-refractivity contribution in [1.29, 1.82) is 0 Å². The van der Waals surface area contributed by atoms with E-state index in [0.29, 0.717) is 39.4 Å². The zero-order chi connectivity index (χ0) is 20.8. The number of anilines is 3. The second kappa shape index (κ2) is 7.03. The number of imide groups is 1. The minimum Gasteiger partial charge on any atom is -0.506 e. The van der Waals surface area contributed by atoms with Crippen molar-refractivity contribution in [3.63, 3.8) is 0 Å². The van der Waals surface area contributed by atoms with Crippen LogP contribution in [-0.4, -0.2) is 37.6 Å². The second-order valence-corrected chi connectivity index (χ2v) is 7.73. The highest BCUT2D eigenvalue weighted by Gasteiger charge is 2.25. The third-order valence-electron chi connectivity index (χ3n) is 4.88. The zero-order valence-electron chi connectivity index (χ0n) is 15.6. The summed E-state index contributed by atoms with van der Waals surface area (Å²) in [4.78, 5) is 28.0. The van der Waals surface area contributed by atoms with Gasteiger partial charge in [0.2, 0.25) is 5.91 Å². The number of carbonyl (C=O) groups is 2. The summed E-state index contributed by atoms with van der Waals surface area (Å²) in [7, 11) is 0. The molecule has 0 radical (unpaired) electrons. The summed E-state index contributed by atoms with van der Waals surface area (Å²) in [6.07, 6.45) is 5.39. The largest absolute Gasteiger partial charge is 0.506 e. The lowest BCUT2D eigenvalue weighted by atomic mass is 10.1. The number of fused-ring (bicyclic) bond motifs is 1. The SMILES string of the molecule is O=C1C/C(=C\c2cnn3c(NC4CC4)cc(Nc4cc(Cl)ccc4O)nc23)C(=O)N1. The van der Waals surface area contributed by atoms with E-state index in [-0.39, 0.29) is 18.1 Å². The average molecular weight is 425 g/mol. The summed E-state index contributed by atoms with van der Waals surface area (Å²) in [5.41, 5.74) is 1.88. The van der Waals surface area contributed by atoms with Crippen molar-refractivity contribution in [2.45, 2.75) is 25.3 Å². The highest BCUT2D eigenvalue weighted by molar-refractivity contribution is 6.31. The molecule has 1 aliphatic carbocycles. The van der Waals surface area contributed by atoms with E-state index in [9.17, 15) is 14.7 Å². The van der Waals surface area contributed by atoms with E-state index >= 15 is 0 Å². The van der Waals surface area contributed by atoms with Crippen molar-refractivity contribution in [3.05, 3.63) is 46.6 Å². The Morgan fingerprint density at radius 1 is 1.27 bits per heavy atom. The van der Waals surface area contributed by atoms with Gasteiger partial charge in [-0.2, -0.15) is 9.61 Å². The van der Waals surface area contributed by atoms with Crippen LogP contribution >= 0.6 is 11.6 Å². The van der Waals surface area contributed by atoms with Crippen molar-refractivity contribution in [1.82, 2.24) is 19.9 Å². The van der Waals surface area contributed by atoms with E-state index in [1.807, 2.05) is 0 Å². The molecule has 0 spiro atoms. The quantitative estimate of drug-likeness (QED) is 0.282. The van der Waals surface area contributed by atoms with Crippen molar-refractivity contribution >= 4 is 52.5 Å². The Labute approximate surface area is 175 Å². The summed E-state index contributed by atoms with van der Waals surface area (Å²) in [6.45, 7) is 0. The molecule has 0 unspecified atom stereocenters. The van der Waals surface area contributed by atoms with Crippen LogP contribution in [0, 0.1) is 0 Å². The maximum absolute atomic E-state index is 11.9. The number of nitrogens with one attached hydrogen (secondary N) is 3. The molecule has 5 rings (SSSR count). The van der Waals surface area contributed by atoms with Gasteiger partial charge in [-0.25, -0.2) is 4.98 Å². The number of carbonyl (C=O) groups excluding carboxylic acids is 2. The highest BCUT2D eigenvalue weighted by atomic mass is 35.5. The zero-order valence-corrected chi connectivity index (χ0v) is 16.4. The molecular weight excluding hydrogens is 408 g/mol. The lowest BCUT2D eigenvalue weighted by Gasteiger charge is -2.12. The predicted octanol–water partition coefficient (Wildman–Crippen LogP) is 2.84. The third-order valence-corrected chi connectivity index (χ3v) is 5.11. The summed E-state index contributed by atoms with van der Waals surface area (Å²) in [5.74, 6) is 0.493. The summed E-state index contributed by atoms with van der Waals surface area (Å²) in [6, 6.07) is 6.85. The molecule has 2 aromatic heterocycles. The first-order chi connectivity index (χ1) is 14.5. The number of phenols is 1. The van der Waals surface area contributed by atoms with Gasteiger partial charge in [0.25, 0.3) is 5.91 Å². The van der Waals surface area contributed by atoms with Crippen molar-refractivity contribution in [2.24, 2.45) is 0 Å². The highest BCUT2D eigenvalue weighted by Crippen LogP contribution is 2.32. The minimum atomic E-state index is -0.409. The Morgan fingerprint density at radius 3 is 2.83 bits per heavy atom. The van der Waals surface area contributed by atoms with Crippen LogP contribution in [0.2, 0.25) is 5.02 Å². The van der Waals surface area contributed by atoms with Gasteiger partial charge in [0.05, 0.1) is 18.3 Å². The number of amides is 2. The fraction of sp³-hybridized carbons (Fsp3) is 0.200. The normalized spacial score (nSPS) is 17.6. The molecule has 2 aliphatic rings. The maximum Gasteiger partial charge on any atom is 0.254 e. The first kappa shape index (κ1) is 18.4. The lowest BCUT2D eigenvalue weighted by molar-refractivity contribution is -0.124. The number of rotatable bonds is 5. The Kier molecular flexibility index (Phi) is 4.32. The lowest BCUT2D eigenvalue weighted by Crippen LogP contribution is -2.19. The molecule has 30 heavy (non-hydrogen) atoms. The van der Waals surface area contributed by atoms with Gasteiger partial charge in [-0.15, -0.1) is 0 Å². The number of hydrogen-bond acceptors (Lipinski definition) is 7.